The number of carbonyl (C=O) groups excluding carboxylic acids is 2. The van der Waals surface area contributed by atoms with E-state index in [2.05, 4.69) is 10.3 Å². The lowest BCUT2D eigenvalue weighted by molar-refractivity contribution is -0.116. The van der Waals surface area contributed by atoms with Gasteiger partial charge in [-0.25, -0.2) is 9.37 Å². The van der Waals surface area contributed by atoms with Crippen LogP contribution in [0.3, 0.4) is 0 Å². The summed E-state index contributed by atoms with van der Waals surface area (Å²) in [5.74, 6) is -0.165. The largest absolute Gasteiger partial charge is 0.348 e. The second-order valence-corrected chi connectivity index (χ2v) is 7.57. The molecule has 1 N–H and O–H groups in total. The molecule has 4 rings (SSSR count). The zero-order valence-electron chi connectivity index (χ0n) is 15.5. The molecule has 0 bridgehead atoms. The van der Waals surface area contributed by atoms with Crippen LogP contribution in [0, 0.1) is 5.82 Å². The normalized spacial score (nSPS) is 13.1. The molecule has 29 heavy (non-hydrogen) atoms. The Morgan fingerprint density at radius 1 is 1.10 bits per heavy atom. The predicted molar refractivity (Wildman–Crippen MR) is 110 cm³/mol. The fourth-order valence-corrected chi connectivity index (χ4v) is 3.97. The Morgan fingerprint density at radius 3 is 2.72 bits per heavy atom. The Hall–Kier alpha value is -3.19. The van der Waals surface area contributed by atoms with Gasteiger partial charge in [-0.1, -0.05) is 36.0 Å². The van der Waals surface area contributed by atoms with Crippen molar-refractivity contribution in [3.8, 4) is 0 Å². The van der Waals surface area contributed by atoms with Gasteiger partial charge in [0.2, 0.25) is 5.91 Å². The van der Waals surface area contributed by atoms with Gasteiger partial charge < -0.3 is 10.2 Å². The molecule has 3 aromatic rings. The SMILES string of the molecule is O=C(NCc1cccc(F)c1)c1ccc(CN2C(=O)CSc3ncccc32)cc1. The first kappa shape index (κ1) is 19.1. The van der Waals surface area contributed by atoms with Gasteiger partial charge in [0.15, 0.2) is 0 Å². The molecule has 5 nitrogen and oxygen atoms in total. The summed E-state index contributed by atoms with van der Waals surface area (Å²) < 4.78 is 13.2. The van der Waals surface area contributed by atoms with Crippen LogP contribution < -0.4 is 10.2 Å². The van der Waals surface area contributed by atoms with Crippen molar-refractivity contribution in [3.05, 3.63) is 89.4 Å². The molecule has 2 aromatic carbocycles. The second-order valence-electron chi connectivity index (χ2n) is 6.61. The molecule has 2 heterocycles. The number of nitrogens with one attached hydrogen (secondary N) is 1. The molecule has 0 unspecified atom stereocenters. The number of fused-ring (bicyclic) bond motifs is 1. The maximum Gasteiger partial charge on any atom is 0.251 e. The molecule has 1 aromatic heterocycles. The third-order valence-electron chi connectivity index (χ3n) is 4.57. The Kier molecular flexibility index (Phi) is 5.57. The smallest absolute Gasteiger partial charge is 0.251 e. The standard InChI is InChI=1S/C22H18FN3O2S/c23-18-4-1-3-16(11-18)12-25-21(28)17-8-6-15(7-9-17)13-26-19-5-2-10-24-22(19)29-14-20(26)27/h1-11H,12-14H2,(H,25,28). The Balaban J connectivity index is 1.41. The zero-order chi connectivity index (χ0) is 20.2. The molecule has 0 atom stereocenters. The van der Waals surface area contributed by atoms with E-state index in [-0.39, 0.29) is 24.2 Å². The summed E-state index contributed by atoms with van der Waals surface area (Å²) >= 11 is 1.44. The third kappa shape index (κ3) is 4.46. The van der Waals surface area contributed by atoms with E-state index in [1.54, 1.807) is 35.4 Å². The second kappa shape index (κ2) is 8.45. The van der Waals surface area contributed by atoms with Crippen molar-refractivity contribution in [2.45, 2.75) is 18.1 Å². The molecular formula is C22H18FN3O2S. The van der Waals surface area contributed by atoms with E-state index in [0.717, 1.165) is 16.3 Å². The molecule has 0 spiro atoms. The van der Waals surface area contributed by atoms with Crippen molar-refractivity contribution in [1.82, 2.24) is 10.3 Å². The molecule has 146 valence electrons. The van der Waals surface area contributed by atoms with Crippen LogP contribution in [-0.4, -0.2) is 22.6 Å². The number of hydrogen-bond acceptors (Lipinski definition) is 4. The van der Waals surface area contributed by atoms with Crippen molar-refractivity contribution in [2.24, 2.45) is 0 Å². The number of aromatic nitrogens is 1. The van der Waals surface area contributed by atoms with E-state index in [1.165, 1.54) is 23.9 Å². The molecular weight excluding hydrogens is 389 g/mol. The lowest BCUT2D eigenvalue weighted by atomic mass is 10.1. The first-order valence-corrected chi connectivity index (χ1v) is 10.1. The fourth-order valence-electron chi connectivity index (χ4n) is 3.09. The number of rotatable bonds is 5. The van der Waals surface area contributed by atoms with Crippen LogP contribution in [-0.2, 0) is 17.9 Å². The lowest BCUT2D eigenvalue weighted by Gasteiger charge is -2.28. The zero-order valence-corrected chi connectivity index (χ0v) is 16.3. The number of benzene rings is 2. The van der Waals surface area contributed by atoms with Gasteiger partial charge in [0, 0.05) is 18.3 Å². The van der Waals surface area contributed by atoms with Crippen molar-refractivity contribution in [1.29, 1.82) is 0 Å². The topological polar surface area (TPSA) is 62.3 Å². The van der Waals surface area contributed by atoms with E-state index < -0.39 is 0 Å². The summed E-state index contributed by atoms with van der Waals surface area (Å²) in [5, 5.41) is 3.63. The minimum absolute atomic E-state index is 0.0346. The van der Waals surface area contributed by atoms with Gasteiger partial charge in [-0.05, 0) is 47.5 Å². The highest BCUT2D eigenvalue weighted by molar-refractivity contribution is 8.00. The molecule has 0 saturated carbocycles. The van der Waals surface area contributed by atoms with Crippen molar-refractivity contribution in [3.63, 3.8) is 0 Å². The van der Waals surface area contributed by atoms with Crippen LogP contribution in [0.4, 0.5) is 10.1 Å². The summed E-state index contributed by atoms with van der Waals surface area (Å²) in [6, 6.07) is 17.0. The van der Waals surface area contributed by atoms with E-state index in [1.807, 2.05) is 24.3 Å². The summed E-state index contributed by atoms with van der Waals surface area (Å²) in [4.78, 5) is 30.8. The monoisotopic (exact) mass is 407 g/mol. The van der Waals surface area contributed by atoms with Crippen LogP contribution in [0.15, 0.2) is 71.9 Å². The highest BCUT2D eigenvalue weighted by Gasteiger charge is 2.25. The molecule has 1 aliphatic rings. The van der Waals surface area contributed by atoms with Crippen LogP contribution in [0.2, 0.25) is 0 Å². The van der Waals surface area contributed by atoms with Crippen LogP contribution in [0.25, 0.3) is 0 Å². The summed E-state index contributed by atoms with van der Waals surface area (Å²) in [7, 11) is 0. The van der Waals surface area contributed by atoms with E-state index >= 15 is 0 Å². The van der Waals surface area contributed by atoms with Gasteiger partial charge in [0.25, 0.3) is 5.91 Å². The molecule has 0 saturated heterocycles. The Morgan fingerprint density at radius 2 is 1.93 bits per heavy atom. The van der Waals surface area contributed by atoms with Gasteiger partial charge >= 0.3 is 0 Å². The fraction of sp³-hybridized carbons (Fsp3) is 0.136. The number of halogens is 1. The van der Waals surface area contributed by atoms with Gasteiger partial charge in [0.05, 0.1) is 18.0 Å². The number of nitrogens with zero attached hydrogens (tertiary/aromatic N) is 2. The minimum atomic E-state index is -0.330. The van der Waals surface area contributed by atoms with Gasteiger partial charge in [-0.3, -0.25) is 9.59 Å². The van der Waals surface area contributed by atoms with Crippen LogP contribution in [0.1, 0.15) is 21.5 Å². The quantitative estimate of drug-likeness (QED) is 0.699. The summed E-state index contributed by atoms with van der Waals surface area (Å²) in [6.45, 7) is 0.672. The average Bonchev–Trinajstić information content (AvgIpc) is 2.74. The number of thioether (sulfide) groups is 1. The van der Waals surface area contributed by atoms with Crippen molar-refractivity contribution >= 4 is 29.3 Å². The van der Waals surface area contributed by atoms with Gasteiger partial charge in [-0.2, -0.15) is 0 Å². The van der Waals surface area contributed by atoms with Crippen molar-refractivity contribution in [2.75, 3.05) is 10.7 Å². The Labute approximate surface area is 172 Å². The summed E-state index contributed by atoms with van der Waals surface area (Å²) in [6.07, 6.45) is 1.72. The van der Waals surface area contributed by atoms with Crippen molar-refractivity contribution < 1.29 is 14.0 Å². The number of hydrogen-bond donors (Lipinski definition) is 1. The number of carbonyl (C=O) groups is 2. The molecule has 2 amide bonds. The van der Waals surface area contributed by atoms with E-state index in [4.69, 9.17) is 0 Å². The number of anilines is 1. The van der Waals surface area contributed by atoms with Crippen LogP contribution >= 0.6 is 11.8 Å². The van der Waals surface area contributed by atoms with Gasteiger partial charge in [-0.15, -0.1) is 0 Å². The molecule has 1 aliphatic heterocycles. The van der Waals surface area contributed by atoms with Gasteiger partial charge in [0.1, 0.15) is 10.8 Å². The number of pyridine rings is 1. The average molecular weight is 407 g/mol. The maximum absolute atomic E-state index is 13.2. The molecule has 0 fully saturated rings. The first-order chi connectivity index (χ1) is 14.1. The number of amides is 2. The van der Waals surface area contributed by atoms with Crippen LogP contribution in [0.5, 0.6) is 0 Å². The third-order valence-corrected chi connectivity index (χ3v) is 5.55. The lowest BCUT2D eigenvalue weighted by Crippen LogP contribution is -2.35. The molecule has 7 heteroatoms. The predicted octanol–water partition coefficient (Wildman–Crippen LogP) is 3.79. The highest BCUT2D eigenvalue weighted by Crippen LogP contribution is 2.33. The van der Waals surface area contributed by atoms with E-state index in [9.17, 15) is 14.0 Å². The Bertz CT molecular complexity index is 1060. The van der Waals surface area contributed by atoms with E-state index in [0.29, 0.717) is 23.4 Å². The molecule has 0 radical (unpaired) electrons. The highest BCUT2D eigenvalue weighted by atomic mass is 32.2. The first-order valence-electron chi connectivity index (χ1n) is 9.10. The summed E-state index contributed by atoms with van der Waals surface area (Å²) in [5.41, 5.74) is 2.93. The molecule has 0 aliphatic carbocycles. The maximum atomic E-state index is 13.2. The minimum Gasteiger partial charge on any atom is -0.348 e.